The predicted octanol–water partition coefficient (Wildman–Crippen LogP) is 2.35. The molecule has 1 aromatic heterocycles. The Bertz CT molecular complexity index is 963. The Balaban J connectivity index is 1.96. The number of aromatic nitrogens is 2. The van der Waals surface area contributed by atoms with Gasteiger partial charge in [0.25, 0.3) is 5.56 Å². The second kappa shape index (κ2) is 7.17. The number of fused-ring (bicyclic) bond motifs is 1. The normalized spacial score (nSPS) is 14.6. The Morgan fingerprint density at radius 3 is 2.58 bits per heavy atom. The second-order valence-electron chi connectivity index (χ2n) is 6.09. The number of hydrogen-bond donors (Lipinski definition) is 0. The van der Waals surface area contributed by atoms with Gasteiger partial charge in [0.05, 0.1) is 29.8 Å². The first kappa shape index (κ1) is 16.6. The van der Waals surface area contributed by atoms with Gasteiger partial charge >= 0.3 is 0 Å². The van der Waals surface area contributed by atoms with E-state index in [0.29, 0.717) is 36.5 Å². The third kappa shape index (κ3) is 2.93. The zero-order valence-electron chi connectivity index (χ0n) is 14.7. The molecule has 0 spiro atoms. The van der Waals surface area contributed by atoms with Crippen molar-refractivity contribution in [2.45, 2.75) is 6.92 Å². The minimum absolute atomic E-state index is 0.183. The third-order valence-corrected chi connectivity index (χ3v) is 4.48. The van der Waals surface area contributed by atoms with Crippen LogP contribution in [0.25, 0.3) is 22.3 Å². The molecule has 0 bridgehead atoms. The molecule has 0 amide bonds. The first-order chi connectivity index (χ1) is 12.8. The quantitative estimate of drug-likeness (QED) is 0.722. The van der Waals surface area contributed by atoms with E-state index in [1.807, 2.05) is 55.5 Å². The number of rotatable bonds is 4. The van der Waals surface area contributed by atoms with Crippen LogP contribution in [0.15, 0.2) is 53.3 Å². The summed E-state index contributed by atoms with van der Waals surface area (Å²) in [5, 5.41) is 0.586. The zero-order valence-corrected chi connectivity index (χ0v) is 14.7. The molecule has 2 aromatic carbocycles. The highest BCUT2D eigenvalue weighted by molar-refractivity contribution is 5.92. The van der Waals surface area contributed by atoms with Crippen molar-refractivity contribution in [3.05, 3.63) is 58.9 Å². The van der Waals surface area contributed by atoms with Gasteiger partial charge in [0.1, 0.15) is 6.61 Å². The Labute approximate surface area is 151 Å². The smallest absolute Gasteiger partial charge is 0.296 e. The van der Waals surface area contributed by atoms with Crippen molar-refractivity contribution < 1.29 is 9.57 Å². The van der Waals surface area contributed by atoms with Crippen molar-refractivity contribution in [2.75, 3.05) is 37.8 Å². The van der Waals surface area contributed by atoms with E-state index < -0.39 is 0 Å². The summed E-state index contributed by atoms with van der Waals surface area (Å²) in [4.78, 5) is 25.9. The molecule has 134 valence electrons. The van der Waals surface area contributed by atoms with Gasteiger partial charge in [0.2, 0.25) is 0 Å². The van der Waals surface area contributed by atoms with E-state index in [4.69, 9.17) is 14.6 Å². The van der Waals surface area contributed by atoms with Crippen molar-refractivity contribution in [3.8, 4) is 11.4 Å². The third-order valence-electron chi connectivity index (χ3n) is 4.48. The lowest BCUT2D eigenvalue weighted by Crippen LogP contribution is -2.37. The standard InChI is InChI=1S/C20H21N3O3/c1-2-26-23-19(15-7-4-3-5-8-15)21-16-9-6-10-17(18(16)20(23)24)22-11-13-25-14-12-22/h3-10H,2,11-14H2,1H3. The van der Waals surface area contributed by atoms with Crippen LogP contribution in [0.3, 0.4) is 0 Å². The van der Waals surface area contributed by atoms with Crippen molar-refractivity contribution in [1.82, 2.24) is 9.71 Å². The van der Waals surface area contributed by atoms with E-state index >= 15 is 0 Å². The minimum Gasteiger partial charge on any atom is -0.409 e. The van der Waals surface area contributed by atoms with Crippen LogP contribution in [0.1, 0.15) is 6.92 Å². The van der Waals surface area contributed by atoms with E-state index in [2.05, 4.69) is 4.90 Å². The zero-order chi connectivity index (χ0) is 17.9. The number of hydrogen-bond acceptors (Lipinski definition) is 5. The molecule has 4 rings (SSSR count). The fourth-order valence-electron chi connectivity index (χ4n) is 3.28. The Kier molecular flexibility index (Phi) is 4.58. The van der Waals surface area contributed by atoms with E-state index in [-0.39, 0.29) is 5.56 Å². The highest BCUT2D eigenvalue weighted by Gasteiger charge is 2.20. The minimum atomic E-state index is -0.183. The number of nitrogens with zero attached hydrogens (tertiary/aromatic N) is 3. The van der Waals surface area contributed by atoms with Crippen molar-refractivity contribution in [3.63, 3.8) is 0 Å². The summed E-state index contributed by atoms with van der Waals surface area (Å²) in [6, 6.07) is 15.4. The van der Waals surface area contributed by atoms with Crippen LogP contribution in [0, 0.1) is 0 Å². The highest BCUT2D eigenvalue weighted by Crippen LogP contribution is 2.26. The number of morpholine rings is 1. The van der Waals surface area contributed by atoms with Gasteiger partial charge in [-0.25, -0.2) is 4.98 Å². The summed E-state index contributed by atoms with van der Waals surface area (Å²) in [6.07, 6.45) is 0. The van der Waals surface area contributed by atoms with Crippen LogP contribution in [0.5, 0.6) is 0 Å². The Morgan fingerprint density at radius 1 is 1.08 bits per heavy atom. The summed E-state index contributed by atoms with van der Waals surface area (Å²) >= 11 is 0. The maximum Gasteiger partial charge on any atom is 0.296 e. The number of anilines is 1. The summed E-state index contributed by atoms with van der Waals surface area (Å²) in [7, 11) is 0. The largest absolute Gasteiger partial charge is 0.409 e. The van der Waals surface area contributed by atoms with Gasteiger partial charge < -0.3 is 14.5 Å². The lowest BCUT2D eigenvalue weighted by molar-refractivity contribution is 0.116. The second-order valence-corrected chi connectivity index (χ2v) is 6.09. The predicted molar refractivity (Wildman–Crippen MR) is 102 cm³/mol. The monoisotopic (exact) mass is 351 g/mol. The molecule has 3 aromatic rings. The van der Waals surface area contributed by atoms with Crippen molar-refractivity contribution in [2.24, 2.45) is 0 Å². The molecule has 1 aliphatic heterocycles. The van der Waals surface area contributed by atoms with Gasteiger partial charge in [-0.05, 0) is 19.1 Å². The van der Waals surface area contributed by atoms with E-state index in [9.17, 15) is 4.79 Å². The molecule has 0 radical (unpaired) electrons. The van der Waals surface area contributed by atoms with Crippen LogP contribution in [-0.2, 0) is 4.74 Å². The molecule has 1 saturated heterocycles. The van der Waals surface area contributed by atoms with Gasteiger partial charge in [0, 0.05) is 18.7 Å². The van der Waals surface area contributed by atoms with E-state index in [1.165, 1.54) is 4.73 Å². The van der Waals surface area contributed by atoms with Gasteiger partial charge in [-0.1, -0.05) is 36.4 Å². The molecule has 26 heavy (non-hydrogen) atoms. The molecule has 1 fully saturated rings. The van der Waals surface area contributed by atoms with Crippen LogP contribution in [-0.4, -0.2) is 42.6 Å². The number of ether oxygens (including phenoxy) is 1. The molecular weight excluding hydrogens is 330 g/mol. The molecule has 6 heteroatoms. The maximum absolute atomic E-state index is 13.3. The average Bonchev–Trinajstić information content (AvgIpc) is 2.71. The molecule has 2 heterocycles. The van der Waals surface area contributed by atoms with Gasteiger partial charge in [-0.15, -0.1) is 4.73 Å². The highest BCUT2D eigenvalue weighted by atomic mass is 16.7. The van der Waals surface area contributed by atoms with Gasteiger partial charge in [0.15, 0.2) is 5.82 Å². The van der Waals surface area contributed by atoms with E-state index in [0.717, 1.165) is 24.3 Å². The Morgan fingerprint density at radius 2 is 1.85 bits per heavy atom. The molecule has 1 aliphatic rings. The molecule has 0 saturated carbocycles. The summed E-state index contributed by atoms with van der Waals surface area (Å²) in [5.41, 5.74) is 2.22. The molecule has 0 aliphatic carbocycles. The average molecular weight is 351 g/mol. The topological polar surface area (TPSA) is 56.6 Å². The fraction of sp³-hybridized carbons (Fsp3) is 0.300. The first-order valence-electron chi connectivity index (χ1n) is 8.87. The Hall–Kier alpha value is -2.86. The lowest BCUT2D eigenvalue weighted by Gasteiger charge is -2.29. The van der Waals surface area contributed by atoms with Crippen LogP contribution < -0.4 is 15.3 Å². The van der Waals surface area contributed by atoms with E-state index in [1.54, 1.807) is 0 Å². The summed E-state index contributed by atoms with van der Waals surface area (Å²) in [5.74, 6) is 0.518. The molecule has 6 nitrogen and oxygen atoms in total. The summed E-state index contributed by atoms with van der Waals surface area (Å²) in [6.45, 7) is 5.07. The first-order valence-corrected chi connectivity index (χ1v) is 8.87. The molecule has 0 atom stereocenters. The van der Waals surface area contributed by atoms with Crippen LogP contribution >= 0.6 is 0 Å². The van der Waals surface area contributed by atoms with Crippen molar-refractivity contribution >= 4 is 16.6 Å². The van der Waals surface area contributed by atoms with Gasteiger partial charge in [-0.2, -0.15) is 0 Å². The van der Waals surface area contributed by atoms with Crippen LogP contribution in [0.2, 0.25) is 0 Å². The molecule has 0 N–H and O–H groups in total. The molecular formula is C20H21N3O3. The SMILES string of the molecule is CCOn1c(-c2ccccc2)nc2cccc(N3CCOCC3)c2c1=O. The lowest BCUT2D eigenvalue weighted by atomic mass is 10.1. The summed E-state index contributed by atoms with van der Waals surface area (Å²) < 4.78 is 6.76. The van der Waals surface area contributed by atoms with Crippen LogP contribution in [0.4, 0.5) is 5.69 Å². The van der Waals surface area contributed by atoms with Crippen molar-refractivity contribution in [1.29, 1.82) is 0 Å². The maximum atomic E-state index is 13.3. The fourth-order valence-corrected chi connectivity index (χ4v) is 3.28. The molecule has 0 unspecified atom stereocenters. The van der Waals surface area contributed by atoms with Gasteiger partial charge in [-0.3, -0.25) is 4.79 Å². The number of benzene rings is 2.